The molecule has 0 spiro atoms. The van der Waals surface area contributed by atoms with E-state index in [4.69, 9.17) is 11.6 Å². The second kappa shape index (κ2) is 9.62. The lowest BCUT2D eigenvalue weighted by atomic mass is 10.1. The molecule has 4 rings (SSSR count). The second-order valence-corrected chi connectivity index (χ2v) is 8.59. The Hall–Kier alpha value is -3.40. The van der Waals surface area contributed by atoms with Gasteiger partial charge < -0.3 is 14.7 Å². The lowest BCUT2D eigenvalue weighted by Gasteiger charge is -2.36. The van der Waals surface area contributed by atoms with Crippen molar-refractivity contribution in [2.45, 2.75) is 19.3 Å². The van der Waals surface area contributed by atoms with E-state index < -0.39 is 9.85 Å². The Kier molecular flexibility index (Phi) is 6.64. The Bertz CT molecular complexity index is 1080. The van der Waals surface area contributed by atoms with E-state index in [1.54, 1.807) is 23.1 Å². The number of amides is 1. The van der Waals surface area contributed by atoms with Crippen molar-refractivity contribution >= 4 is 40.3 Å². The Morgan fingerprint density at radius 3 is 2.03 bits per heavy atom. The van der Waals surface area contributed by atoms with Crippen LogP contribution in [0.25, 0.3) is 0 Å². The van der Waals surface area contributed by atoms with Gasteiger partial charge in [0, 0.05) is 63.0 Å². The van der Waals surface area contributed by atoms with E-state index in [2.05, 4.69) is 0 Å². The molecule has 11 heteroatoms. The molecule has 2 heterocycles. The Labute approximate surface area is 195 Å². The first-order valence-electron chi connectivity index (χ1n) is 10.9. The van der Waals surface area contributed by atoms with E-state index in [0.29, 0.717) is 43.1 Å². The summed E-state index contributed by atoms with van der Waals surface area (Å²) in [5.74, 6) is -0.252. The summed E-state index contributed by atoms with van der Waals surface area (Å²) in [4.78, 5) is 40.4. The van der Waals surface area contributed by atoms with E-state index in [0.717, 1.165) is 32.4 Å². The first kappa shape index (κ1) is 22.8. The maximum atomic E-state index is 13.1. The Morgan fingerprint density at radius 1 is 0.788 bits per heavy atom. The summed E-state index contributed by atoms with van der Waals surface area (Å²) < 4.78 is 0. The van der Waals surface area contributed by atoms with Crippen LogP contribution in [0, 0.1) is 20.2 Å². The minimum absolute atomic E-state index is 0.0425. The van der Waals surface area contributed by atoms with Gasteiger partial charge in [-0.2, -0.15) is 0 Å². The normalized spacial score (nSPS) is 16.6. The number of carbonyl (C=O) groups excluding carboxylic acids is 1. The smallest absolute Gasteiger partial charge is 0.293 e. The number of piperidine rings is 1. The molecule has 174 valence electrons. The van der Waals surface area contributed by atoms with E-state index in [1.165, 1.54) is 18.2 Å². The number of anilines is 2. The molecule has 2 aromatic rings. The fourth-order valence-electron chi connectivity index (χ4n) is 4.40. The highest BCUT2D eigenvalue weighted by Gasteiger charge is 2.27. The molecule has 10 nitrogen and oxygen atoms in total. The number of halogens is 1. The third-order valence-electron chi connectivity index (χ3n) is 6.17. The SMILES string of the molecule is O=C(c1ccc(N2CCCCC2)c([N+](=O)[O-])c1)N1CCN(c2ccc([N+](=O)[O-])cc2Cl)CC1. The van der Waals surface area contributed by atoms with Gasteiger partial charge in [-0.1, -0.05) is 11.6 Å². The van der Waals surface area contributed by atoms with Gasteiger partial charge >= 0.3 is 0 Å². The first-order chi connectivity index (χ1) is 15.8. The van der Waals surface area contributed by atoms with E-state index in [1.807, 2.05) is 9.80 Å². The van der Waals surface area contributed by atoms with E-state index in [9.17, 15) is 25.0 Å². The monoisotopic (exact) mass is 473 g/mol. The lowest BCUT2D eigenvalue weighted by Crippen LogP contribution is -2.48. The average molecular weight is 474 g/mol. The quantitative estimate of drug-likeness (QED) is 0.474. The van der Waals surface area contributed by atoms with Gasteiger partial charge in [0.15, 0.2) is 0 Å². The van der Waals surface area contributed by atoms with Crippen LogP contribution >= 0.6 is 11.6 Å². The molecule has 33 heavy (non-hydrogen) atoms. The van der Waals surface area contributed by atoms with Crippen molar-refractivity contribution in [1.82, 2.24) is 4.90 Å². The number of carbonyl (C=O) groups is 1. The molecular formula is C22H24ClN5O5. The number of benzene rings is 2. The molecule has 0 bridgehead atoms. The molecule has 2 saturated heterocycles. The number of nitro benzene ring substituents is 2. The van der Waals surface area contributed by atoms with Crippen molar-refractivity contribution in [2.24, 2.45) is 0 Å². The summed E-state index contributed by atoms with van der Waals surface area (Å²) in [5.41, 5.74) is 1.42. The highest BCUT2D eigenvalue weighted by Crippen LogP contribution is 2.33. The topological polar surface area (TPSA) is 113 Å². The minimum Gasteiger partial charge on any atom is -0.367 e. The highest BCUT2D eigenvalue weighted by molar-refractivity contribution is 6.33. The number of nitro groups is 2. The number of hydrogen-bond donors (Lipinski definition) is 0. The van der Waals surface area contributed by atoms with Crippen LogP contribution in [-0.2, 0) is 0 Å². The van der Waals surface area contributed by atoms with Crippen molar-refractivity contribution in [3.63, 3.8) is 0 Å². The second-order valence-electron chi connectivity index (χ2n) is 8.18. The Morgan fingerprint density at radius 2 is 1.42 bits per heavy atom. The van der Waals surface area contributed by atoms with Crippen LogP contribution in [0.4, 0.5) is 22.7 Å². The molecule has 0 N–H and O–H groups in total. The minimum atomic E-state index is -0.498. The van der Waals surface area contributed by atoms with Gasteiger partial charge in [-0.05, 0) is 37.5 Å². The van der Waals surface area contributed by atoms with Gasteiger partial charge in [-0.15, -0.1) is 0 Å². The third kappa shape index (κ3) is 4.85. The first-order valence-corrected chi connectivity index (χ1v) is 11.2. The van der Waals surface area contributed by atoms with Gasteiger partial charge in [0.2, 0.25) is 0 Å². The summed E-state index contributed by atoms with van der Waals surface area (Å²) in [6, 6.07) is 9.06. The predicted molar refractivity (Wildman–Crippen MR) is 125 cm³/mol. The standard InChI is InChI=1S/C22H24ClN5O5/c23-18-15-17(27(30)31)5-7-19(18)25-10-12-26(13-11-25)22(29)16-4-6-20(21(14-16)28(32)33)24-8-2-1-3-9-24/h4-7,14-15H,1-3,8-13H2. The van der Waals surface area contributed by atoms with Crippen molar-refractivity contribution in [2.75, 3.05) is 49.1 Å². The molecule has 2 aliphatic rings. The van der Waals surface area contributed by atoms with Gasteiger partial charge in [0.25, 0.3) is 17.3 Å². The van der Waals surface area contributed by atoms with Crippen LogP contribution < -0.4 is 9.80 Å². The summed E-state index contributed by atoms with van der Waals surface area (Å²) in [5, 5.41) is 22.9. The van der Waals surface area contributed by atoms with Crippen LogP contribution in [0.2, 0.25) is 5.02 Å². The van der Waals surface area contributed by atoms with Crippen LogP contribution in [0.3, 0.4) is 0 Å². The van der Waals surface area contributed by atoms with Crippen LogP contribution in [0.5, 0.6) is 0 Å². The fourth-order valence-corrected chi connectivity index (χ4v) is 4.70. The van der Waals surface area contributed by atoms with E-state index >= 15 is 0 Å². The number of nitrogens with zero attached hydrogens (tertiary/aromatic N) is 5. The molecule has 0 radical (unpaired) electrons. The molecule has 2 fully saturated rings. The van der Waals surface area contributed by atoms with Gasteiger partial charge in [0.05, 0.1) is 20.6 Å². The number of non-ortho nitro benzene ring substituents is 1. The molecule has 0 unspecified atom stereocenters. The fraction of sp³-hybridized carbons (Fsp3) is 0.409. The van der Waals surface area contributed by atoms with Gasteiger partial charge in [-0.3, -0.25) is 25.0 Å². The number of piperazine rings is 1. The third-order valence-corrected chi connectivity index (χ3v) is 6.47. The zero-order valence-corrected chi connectivity index (χ0v) is 18.7. The van der Waals surface area contributed by atoms with E-state index in [-0.39, 0.29) is 22.3 Å². The van der Waals surface area contributed by atoms with Crippen molar-refractivity contribution < 1.29 is 14.6 Å². The molecule has 2 aliphatic heterocycles. The van der Waals surface area contributed by atoms with Crippen molar-refractivity contribution in [3.8, 4) is 0 Å². The number of rotatable bonds is 5. The zero-order valence-electron chi connectivity index (χ0n) is 18.0. The molecule has 0 aliphatic carbocycles. The molecular weight excluding hydrogens is 450 g/mol. The van der Waals surface area contributed by atoms with Crippen molar-refractivity contribution in [3.05, 3.63) is 67.2 Å². The summed E-state index contributed by atoms with van der Waals surface area (Å²) in [6.07, 6.45) is 3.12. The maximum Gasteiger partial charge on any atom is 0.293 e. The molecule has 2 aromatic carbocycles. The Balaban J connectivity index is 1.46. The molecule has 0 atom stereocenters. The largest absolute Gasteiger partial charge is 0.367 e. The molecule has 0 saturated carbocycles. The highest BCUT2D eigenvalue weighted by atomic mass is 35.5. The average Bonchev–Trinajstić information content (AvgIpc) is 2.83. The maximum absolute atomic E-state index is 13.1. The zero-order chi connectivity index (χ0) is 23.5. The van der Waals surface area contributed by atoms with Crippen molar-refractivity contribution in [1.29, 1.82) is 0 Å². The summed E-state index contributed by atoms with van der Waals surface area (Å²) >= 11 is 6.23. The van der Waals surface area contributed by atoms with Crippen LogP contribution in [-0.4, -0.2) is 59.9 Å². The predicted octanol–water partition coefficient (Wildman–Crippen LogP) is 4.11. The molecule has 1 amide bonds. The summed E-state index contributed by atoms with van der Waals surface area (Å²) in [7, 11) is 0. The van der Waals surface area contributed by atoms with Crippen LogP contribution in [0.1, 0.15) is 29.6 Å². The molecule has 0 aromatic heterocycles. The number of hydrogen-bond acceptors (Lipinski definition) is 7. The van der Waals surface area contributed by atoms with Crippen LogP contribution in [0.15, 0.2) is 36.4 Å². The van der Waals surface area contributed by atoms with Gasteiger partial charge in [-0.25, -0.2) is 0 Å². The lowest BCUT2D eigenvalue weighted by molar-refractivity contribution is -0.384. The van der Waals surface area contributed by atoms with Gasteiger partial charge in [0.1, 0.15) is 5.69 Å². The summed E-state index contributed by atoms with van der Waals surface area (Å²) in [6.45, 7) is 3.37.